The first-order valence-electron chi connectivity index (χ1n) is 12.7. The Hall–Kier alpha value is -3.05. The summed E-state index contributed by atoms with van der Waals surface area (Å²) in [5, 5.41) is 17.4. The van der Waals surface area contributed by atoms with Crippen LogP contribution in [0.2, 0.25) is 10.0 Å². The topological polar surface area (TPSA) is 91.4 Å². The van der Waals surface area contributed by atoms with Crippen molar-refractivity contribution in [3.05, 3.63) is 69.4 Å². The van der Waals surface area contributed by atoms with Gasteiger partial charge in [0, 0.05) is 34.8 Å². The molecule has 3 aromatic rings. The fourth-order valence-corrected chi connectivity index (χ4v) is 6.24. The molecule has 37 heavy (non-hydrogen) atoms. The number of amides is 2. The summed E-state index contributed by atoms with van der Waals surface area (Å²) < 4.78 is 12.2. The predicted octanol–water partition coefficient (Wildman–Crippen LogP) is 7.14. The third-order valence-electron chi connectivity index (χ3n) is 7.62. The maximum absolute atomic E-state index is 13.1. The fraction of sp³-hybridized carbons (Fsp3) is 0.393. The molecule has 2 bridgehead atoms. The lowest BCUT2D eigenvalue weighted by Gasteiger charge is -2.38. The molecule has 3 heterocycles. The molecule has 1 saturated carbocycles. The normalized spacial score (nSPS) is 22.6. The number of hydrogen-bond acceptors (Lipinski definition) is 5. The number of carbonyl (C=O) groups excluding carboxylic acids is 1. The van der Waals surface area contributed by atoms with Crippen LogP contribution >= 0.6 is 23.2 Å². The van der Waals surface area contributed by atoms with Crippen LogP contribution in [-0.2, 0) is 11.3 Å². The summed E-state index contributed by atoms with van der Waals surface area (Å²) in [4.78, 5) is 15.1. The molecule has 2 saturated heterocycles. The summed E-state index contributed by atoms with van der Waals surface area (Å²) in [5.74, 6) is 1.23. The minimum Gasteiger partial charge on any atom is -0.373 e. The SMILES string of the molecule is N#Cc1ccc(NC(=O)N2C3CC[C@H]2CC(OCc2c(-c4c(Cl)cccc4Cl)noc2C2CC2)C3)cc1. The standard InChI is InChI=1S/C28H26Cl2N4O3/c29-23-2-1-3-24(30)25(23)26-22(27(37-33-26)17-6-7-17)15-36-21-12-19-10-11-20(13-21)34(19)28(35)32-18-8-4-16(14-31)5-9-18/h1-5,8-9,17,19-21H,6-7,10-13,15H2,(H,32,35)/t19-,20?,21?/m0/s1. The van der Waals surface area contributed by atoms with Crippen LogP contribution in [0.15, 0.2) is 47.0 Å². The van der Waals surface area contributed by atoms with E-state index in [1.165, 1.54) is 0 Å². The molecule has 2 aromatic carbocycles. The number of aromatic nitrogens is 1. The van der Waals surface area contributed by atoms with E-state index in [9.17, 15) is 4.79 Å². The highest BCUT2D eigenvalue weighted by molar-refractivity contribution is 6.39. The molecule has 3 atom stereocenters. The quantitative estimate of drug-likeness (QED) is 0.361. The van der Waals surface area contributed by atoms with E-state index < -0.39 is 0 Å². The third kappa shape index (κ3) is 4.82. The lowest BCUT2D eigenvalue weighted by atomic mass is 9.99. The number of urea groups is 1. The number of benzene rings is 2. The van der Waals surface area contributed by atoms with Crippen molar-refractivity contribution in [1.82, 2.24) is 10.1 Å². The van der Waals surface area contributed by atoms with Crippen LogP contribution in [0.25, 0.3) is 11.3 Å². The Bertz CT molecular complexity index is 1330. The summed E-state index contributed by atoms with van der Waals surface area (Å²) in [6.45, 7) is 0.369. The molecule has 0 spiro atoms. The van der Waals surface area contributed by atoms with E-state index in [-0.39, 0.29) is 24.2 Å². The number of ether oxygens (including phenoxy) is 1. The maximum atomic E-state index is 13.1. The van der Waals surface area contributed by atoms with Gasteiger partial charge in [-0.15, -0.1) is 0 Å². The van der Waals surface area contributed by atoms with Crippen molar-refractivity contribution >= 4 is 34.9 Å². The Morgan fingerprint density at radius 1 is 1.08 bits per heavy atom. The van der Waals surface area contributed by atoms with Gasteiger partial charge >= 0.3 is 6.03 Å². The van der Waals surface area contributed by atoms with Crippen molar-refractivity contribution in [1.29, 1.82) is 5.26 Å². The van der Waals surface area contributed by atoms with Crippen molar-refractivity contribution in [3.8, 4) is 17.3 Å². The Balaban J connectivity index is 1.14. The number of nitrogens with zero attached hydrogens (tertiary/aromatic N) is 3. The lowest BCUT2D eigenvalue weighted by molar-refractivity contribution is -0.0158. The zero-order chi connectivity index (χ0) is 25.5. The molecule has 3 fully saturated rings. The third-order valence-corrected chi connectivity index (χ3v) is 8.25. The number of carbonyl (C=O) groups is 1. The number of piperidine rings is 1. The zero-order valence-electron chi connectivity index (χ0n) is 20.1. The van der Waals surface area contributed by atoms with Crippen LogP contribution in [-0.4, -0.2) is 34.3 Å². The number of fused-ring (bicyclic) bond motifs is 2. The highest BCUT2D eigenvalue weighted by atomic mass is 35.5. The molecule has 3 aliphatic rings. The molecule has 0 radical (unpaired) electrons. The minimum atomic E-state index is -0.0960. The van der Waals surface area contributed by atoms with Crippen molar-refractivity contribution in [2.75, 3.05) is 5.32 Å². The van der Waals surface area contributed by atoms with E-state index in [4.69, 9.17) is 37.7 Å². The first-order valence-corrected chi connectivity index (χ1v) is 13.4. The molecule has 9 heteroatoms. The number of anilines is 1. The van der Waals surface area contributed by atoms with Gasteiger partial charge in [-0.2, -0.15) is 5.26 Å². The van der Waals surface area contributed by atoms with Crippen molar-refractivity contribution in [3.63, 3.8) is 0 Å². The number of hydrogen-bond donors (Lipinski definition) is 1. The second kappa shape index (κ2) is 10.0. The fourth-order valence-electron chi connectivity index (χ4n) is 5.66. The van der Waals surface area contributed by atoms with Gasteiger partial charge in [0.05, 0.1) is 34.4 Å². The number of nitriles is 1. The smallest absolute Gasteiger partial charge is 0.322 e. The molecule has 6 rings (SSSR count). The molecule has 2 unspecified atom stereocenters. The average Bonchev–Trinajstić information content (AvgIpc) is 3.60. The summed E-state index contributed by atoms with van der Waals surface area (Å²) in [6, 6.07) is 14.6. The van der Waals surface area contributed by atoms with Crippen LogP contribution < -0.4 is 5.32 Å². The molecule has 1 N–H and O–H groups in total. The van der Waals surface area contributed by atoms with Crippen LogP contribution in [0.1, 0.15) is 61.3 Å². The molecular formula is C28H26Cl2N4O3. The molecule has 190 valence electrons. The van der Waals surface area contributed by atoms with Crippen LogP contribution in [0.5, 0.6) is 0 Å². The van der Waals surface area contributed by atoms with Crippen LogP contribution in [0, 0.1) is 11.3 Å². The van der Waals surface area contributed by atoms with Gasteiger partial charge in [-0.05, 0) is 74.9 Å². The molecule has 2 aliphatic heterocycles. The minimum absolute atomic E-state index is 0.0352. The predicted molar refractivity (Wildman–Crippen MR) is 141 cm³/mol. The van der Waals surface area contributed by atoms with Gasteiger partial charge in [0.25, 0.3) is 0 Å². The number of nitrogens with one attached hydrogen (secondary N) is 1. The van der Waals surface area contributed by atoms with Gasteiger partial charge in [0.15, 0.2) is 0 Å². The maximum Gasteiger partial charge on any atom is 0.322 e. The Kier molecular flexibility index (Phi) is 6.58. The molecule has 2 amide bonds. The van der Waals surface area contributed by atoms with E-state index in [1.54, 1.807) is 36.4 Å². The van der Waals surface area contributed by atoms with Gasteiger partial charge in [-0.25, -0.2) is 4.79 Å². The second-order valence-electron chi connectivity index (χ2n) is 10.1. The Morgan fingerprint density at radius 3 is 2.38 bits per heavy atom. The van der Waals surface area contributed by atoms with Gasteiger partial charge in [0.2, 0.25) is 0 Å². The largest absolute Gasteiger partial charge is 0.373 e. The van der Waals surface area contributed by atoms with Gasteiger partial charge in [0.1, 0.15) is 11.5 Å². The van der Waals surface area contributed by atoms with Crippen LogP contribution in [0.4, 0.5) is 10.5 Å². The molecule has 7 nitrogen and oxygen atoms in total. The van der Waals surface area contributed by atoms with E-state index >= 15 is 0 Å². The van der Waals surface area contributed by atoms with Crippen molar-refractivity contribution in [2.24, 2.45) is 0 Å². The van der Waals surface area contributed by atoms with Crippen molar-refractivity contribution < 1.29 is 14.1 Å². The summed E-state index contributed by atoms with van der Waals surface area (Å²) >= 11 is 13.0. The van der Waals surface area contributed by atoms with Gasteiger partial charge in [-0.3, -0.25) is 0 Å². The van der Waals surface area contributed by atoms with E-state index in [2.05, 4.69) is 16.5 Å². The monoisotopic (exact) mass is 536 g/mol. The van der Waals surface area contributed by atoms with E-state index in [0.29, 0.717) is 45.1 Å². The average molecular weight is 537 g/mol. The number of rotatable bonds is 6. The summed E-state index contributed by atoms with van der Waals surface area (Å²) in [6.07, 6.45) is 5.68. The van der Waals surface area contributed by atoms with Crippen LogP contribution in [0.3, 0.4) is 0 Å². The first-order chi connectivity index (χ1) is 18.0. The molecular weight excluding hydrogens is 511 g/mol. The molecule has 1 aromatic heterocycles. The Labute approximate surface area is 225 Å². The van der Waals surface area contributed by atoms with Gasteiger partial charge in [-0.1, -0.05) is 34.4 Å². The van der Waals surface area contributed by atoms with E-state index in [1.807, 2.05) is 11.0 Å². The van der Waals surface area contributed by atoms with Gasteiger partial charge < -0.3 is 19.5 Å². The lowest BCUT2D eigenvalue weighted by Crippen LogP contribution is -2.50. The van der Waals surface area contributed by atoms with E-state index in [0.717, 1.165) is 49.8 Å². The summed E-state index contributed by atoms with van der Waals surface area (Å²) in [7, 11) is 0. The zero-order valence-corrected chi connectivity index (χ0v) is 21.6. The molecule has 1 aliphatic carbocycles. The Morgan fingerprint density at radius 2 is 1.76 bits per heavy atom. The van der Waals surface area contributed by atoms with Crippen molar-refractivity contribution in [2.45, 2.75) is 69.2 Å². The summed E-state index contributed by atoms with van der Waals surface area (Å²) in [5.41, 5.74) is 3.50. The number of halogens is 2. The first kappa shape index (κ1) is 24.3. The second-order valence-corrected chi connectivity index (χ2v) is 10.9. The highest BCUT2D eigenvalue weighted by Crippen LogP contribution is 2.46. The highest BCUT2D eigenvalue weighted by Gasteiger charge is 2.44.